The highest BCUT2D eigenvalue weighted by Crippen LogP contribution is 2.29. The normalized spacial score (nSPS) is 10.2. The summed E-state index contributed by atoms with van der Waals surface area (Å²) in [5, 5.41) is 3.49. The van der Waals surface area contributed by atoms with Crippen molar-refractivity contribution < 1.29 is 4.79 Å². The van der Waals surface area contributed by atoms with E-state index in [4.69, 9.17) is 23.2 Å². The molecule has 2 rings (SSSR count). The first-order valence-corrected chi connectivity index (χ1v) is 6.15. The predicted molar refractivity (Wildman–Crippen MR) is 75.6 cm³/mol. The molecule has 4 heteroatoms. The number of rotatable bonds is 2. The van der Waals surface area contributed by atoms with Gasteiger partial charge in [0.25, 0.3) is 5.91 Å². The second kappa shape index (κ2) is 5.42. The molecule has 2 aromatic carbocycles. The van der Waals surface area contributed by atoms with Crippen LogP contribution < -0.4 is 5.32 Å². The van der Waals surface area contributed by atoms with Gasteiger partial charge in [0.2, 0.25) is 0 Å². The van der Waals surface area contributed by atoms with Crippen LogP contribution in [0.25, 0.3) is 0 Å². The van der Waals surface area contributed by atoms with Gasteiger partial charge in [-0.2, -0.15) is 0 Å². The van der Waals surface area contributed by atoms with Gasteiger partial charge in [-0.15, -0.1) is 0 Å². The number of carbonyl (C=O) groups is 1. The van der Waals surface area contributed by atoms with Gasteiger partial charge in [0, 0.05) is 5.56 Å². The van der Waals surface area contributed by atoms with Crippen LogP contribution in [0.3, 0.4) is 0 Å². The first-order valence-electron chi connectivity index (χ1n) is 5.40. The van der Waals surface area contributed by atoms with E-state index in [-0.39, 0.29) is 5.91 Å². The molecule has 2 aromatic rings. The summed E-state index contributed by atoms with van der Waals surface area (Å²) in [6.45, 7) is 1.97. The molecule has 0 aliphatic heterocycles. The molecule has 1 N–H and O–H groups in total. The average molecular weight is 280 g/mol. The Morgan fingerprint density at radius 2 is 1.72 bits per heavy atom. The van der Waals surface area contributed by atoms with Crippen molar-refractivity contribution in [3.05, 3.63) is 63.6 Å². The summed E-state index contributed by atoms with van der Waals surface area (Å²) >= 11 is 11.9. The van der Waals surface area contributed by atoms with Crippen LogP contribution in [0.2, 0.25) is 10.0 Å². The second-order valence-corrected chi connectivity index (χ2v) is 4.71. The summed E-state index contributed by atoms with van der Waals surface area (Å²) in [6, 6.07) is 12.4. The monoisotopic (exact) mass is 279 g/mol. The second-order valence-electron chi connectivity index (χ2n) is 3.92. The molecule has 0 aliphatic rings. The lowest BCUT2D eigenvalue weighted by molar-refractivity contribution is 0.102. The highest BCUT2D eigenvalue weighted by atomic mass is 35.5. The van der Waals surface area contributed by atoms with E-state index in [9.17, 15) is 4.79 Å². The molecule has 0 aliphatic carbocycles. The van der Waals surface area contributed by atoms with Crippen LogP contribution >= 0.6 is 23.2 Å². The first-order chi connectivity index (χ1) is 8.58. The molecule has 2 nitrogen and oxygen atoms in total. The van der Waals surface area contributed by atoms with Gasteiger partial charge in [-0.1, -0.05) is 47.0 Å². The summed E-state index contributed by atoms with van der Waals surface area (Å²) in [7, 11) is 0. The number of aryl methyl sites for hydroxylation is 1. The zero-order chi connectivity index (χ0) is 13.1. The van der Waals surface area contributed by atoms with Crippen molar-refractivity contribution in [3.63, 3.8) is 0 Å². The number of nitrogens with one attached hydrogen (secondary N) is 1. The Hall–Kier alpha value is -1.51. The van der Waals surface area contributed by atoms with E-state index in [1.54, 1.807) is 30.3 Å². The molecule has 1 amide bonds. The summed E-state index contributed by atoms with van der Waals surface area (Å²) in [5.74, 6) is -0.209. The number of halogens is 2. The molecular weight excluding hydrogens is 269 g/mol. The van der Waals surface area contributed by atoms with Gasteiger partial charge in [-0.3, -0.25) is 4.79 Å². The summed E-state index contributed by atoms with van der Waals surface area (Å²) in [4.78, 5) is 12.0. The summed E-state index contributed by atoms with van der Waals surface area (Å²) in [6.07, 6.45) is 0. The lowest BCUT2D eigenvalue weighted by atomic mass is 10.1. The van der Waals surface area contributed by atoms with Crippen molar-refractivity contribution in [2.45, 2.75) is 6.92 Å². The third kappa shape index (κ3) is 2.84. The Bertz CT molecular complexity index is 579. The van der Waals surface area contributed by atoms with Crippen molar-refractivity contribution in [1.82, 2.24) is 0 Å². The summed E-state index contributed by atoms with van der Waals surface area (Å²) in [5.41, 5.74) is 2.19. The zero-order valence-electron chi connectivity index (χ0n) is 9.71. The Morgan fingerprint density at radius 3 is 2.39 bits per heavy atom. The number of carbonyl (C=O) groups excluding carboxylic acids is 1. The van der Waals surface area contributed by atoms with Crippen LogP contribution in [0.4, 0.5) is 5.69 Å². The fraction of sp³-hybridized carbons (Fsp3) is 0.0714. The standard InChI is InChI=1S/C14H11Cl2NO/c1-9-5-7-10(8-6-9)14(18)17-12-4-2-3-11(15)13(12)16/h2-8H,1H3,(H,17,18). The van der Waals surface area contributed by atoms with Gasteiger partial charge < -0.3 is 5.32 Å². The smallest absolute Gasteiger partial charge is 0.255 e. The Kier molecular flexibility index (Phi) is 3.90. The molecule has 0 saturated carbocycles. The Balaban J connectivity index is 2.21. The highest BCUT2D eigenvalue weighted by Gasteiger charge is 2.09. The molecular formula is C14H11Cl2NO. The maximum atomic E-state index is 12.0. The molecule has 18 heavy (non-hydrogen) atoms. The van der Waals surface area contributed by atoms with Crippen molar-refractivity contribution in [2.24, 2.45) is 0 Å². The molecule has 0 spiro atoms. The SMILES string of the molecule is Cc1ccc(C(=O)Nc2cccc(Cl)c2Cl)cc1. The predicted octanol–water partition coefficient (Wildman–Crippen LogP) is 4.55. The van der Waals surface area contributed by atoms with Gasteiger partial charge in [0.15, 0.2) is 0 Å². The van der Waals surface area contributed by atoms with E-state index in [2.05, 4.69) is 5.32 Å². The van der Waals surface area contributed by atoms with Crippen LogP contribution in [0.5, 0.6) is 0 Å². The lowest BCUT2D eigenvalue weighted by Gasteiger charge is -2.08. The minimum absolute atomic E-state index is 0.209. The molecule has 0 heterocycles. The summed E-state index contributed by atoms with van der Waals surface area (Å²) < 4.78 is 0. The van der Waals surface area contributed by atoms with Crippen LogP contribution in [0, 0.1) is 6.92 Å². The van der Waals surface area contributed by atoms with Gasteiger partial charge in [0.05, 0.1) is 15.7 Å². The number of hydrogen-bond acceptors (Lipinski definition) is 1. The fourth-order valence-electron chi connectivity index (χ4n) is 1.50. The molecule has 0 fully saturated rings. The third-order valence-corrected chi connectivity index (χ3v) is 3.33. The van der Waals surface area contributed by atoms with E-state index in [1.807, 2.05) is 19.1 Å². The van der Waals surface area contributed by atoms with E-state index < -0.39 is 0 Å². The van der Waals surface area contributed by atoms with E-state index in [0.717, 1.165) is 5.56 Å². The number of amides is 1. The van der Waals surface area contributed by atoms with E-state index in [1.165, 1.54) is 0 Å². The Labute approximate surface area is 116 Å². The zero-order valence-corrected chi connectivity index (χ0v) is 11.2. The van der Waals surface area contributed by atoms with Crippen molar-refractivity contribution in [2.75, 3.05) is 5.32 Å². The number of benzene rings is 2. The third-order valence-electron chi connectivity index (χ3n) is 2.51. The van der Waals surface area contributed by atoms with Crippen LogP contribution in [0.15, 0.2) is 42.5 Å². The fourth-order valence-corrected chi connectivity index (χ4v) is 1.85. The molecule has 0 radical (unpaired) electrons. The van der Waals surface area contributed by atoms with Crippen molar-refractivity contribution in [1.29, 1.82) is 0 Å². The molecule has 92 valence electrons. The minimum Gasteiger partial charge on any atom is -0.321 e. The van der Waals surface area contributed by atoms with Gasteiger partial charge in [0.1, 0.15) is 0 Å². The maximum absolute atomic E-state index is 12.0. The van der Waals surface area contributed by atoms with E-state index in [0.29, 0.717) is 21.3 Å². The Morgan fingerprint density at radius 1 is 1.06 bits per heavy atom. The van der Waals surface area contributed by atoms with Crippen LogP contribution in [-0.2, 0) is 0 Å². The molecule has 0 aromatic heterocycles. The van der Waals surface area contributed by atoms with Gasteiger partial charge in [-0.05, 0) is 31.2 Å². The lowest BCUT2D eigenvalue weighted by Crippen LogP contribution is -2.12. The van der Waals surface area contributed by atoms with Gasteiger partial charge >= 0.3 is 0 Å². The molecule has 0 saturated heterocycles. The minimum atomic E-state index is -0.209. The van der Waals surface area contributed by atoms with E-state index >= 15 is 0 Å². The highest BCUT2D eigenvalue weighted by molar-refractivity contribution is 6.44. The molecule has 0 bridgehead atoms. The quantitative estimate of drug-likeness (QED) is 0.858. The first kappa shape index (κ1) is 12.9. The van der Waals surface area contributed by atoms with Crippen LogP contribution in [0.1, 0.15) is 15.9 Å². The average Bonchev–Trinajstić information content (AvgIpc) is 2.36. The topological polar surface area (TPSA) is 29.1 Å². The maximum Gasteiger partial charge on any atom is 0.255 e. The number of anilines is 1. The van der Waals surface area contributed by atoms with Crippen LogP contribution in [-0.4, -0.2) is 5.91 Å². The van der Waals surface area contributed by atoms with Crippen molar-refractivity contribution in [3.8, 4) is 0 Å². The largest absolute Gasteiger partial charge is 0.321 e. The van der Waals surface area contributed by atoms with Gasteiger partial charge in [-0.25, -0.2) is 0 Å². The molecule has 0 atom stereocenters. The number of hydrogen-bond donors (Lipinski definition) is 1. The molecule has 0 unspecified atom stereocenters. The van der Waals surface area contributed by atoms with Crippen molar-refractivity contribution >= 4 is 34.8 Å².